The lowest BCUT2D eigenvalue weighted by Crippen LogP contribution is -2.38. The molecule has 0 unspecified atom stereocenters. The summed E-state index contributed by atoms with van der Waals surface area (Å²) in [6.07, 6.45) is 5.10. The van der Waals surface area contributed by atoms with E-state index in [2.05, 4.69) is 15.1 Å². The first kappa shape index (κ1) is 13.9. The van der Waals surface area contributed by atoms with Crippen LogP contribution in [0, 0.1) is 0 Å². The number of carbonyl (C=O) groups is 1. The molecule has 0 fully saturated rings. The number of anilines is 1. The first-order valence-corrected chi connectivity index (χ1v) is 6.14. The van der Waals surface area contributed by atoms with E-state index in [0.717, 1.165) is 11.4 Å². The second kappa shape index (κ2) is 6.05. The van der Waals surface area contributed by atoms with Crippen LogP contribution in [0.4, 0.5) is 5.82 Å². The average molecular weight is 274 g/mol. The van der Waals surface area contributed by atoms with Crippen molar-refractivity contribution in [1.29, 1.82) is 0 Å². The predicted molar refractivity (Wildman–Crippen MR) is 72.0 cm³/mol. The molecule has 0 aliphatic carbocycles. The van der Waals surface area contributed by atoms with Crippen LogP contribution >= 0.6 is 0 Å². The third-order valence-electron chi connectivity index (χ3n) is 2.68. The SMILES string of the molecule is CN(C)c1ccnc(-c2cc[n+](CCC(=O)O)nc2)n1. The number of nitrogens with zero attached hydrogens (tertiary/aromatic N) is 5. The van der Waals surface area contributed by atoms with E-state index in [1.165, 1.54) is 0 Å². The molecule has 0 amide bonds. The van der Waals surface area contributed by atoms with Gasteiger partial charge in [-0.1, -0.05) is 4.68 Å². The molecule has 7 nitrogen and oxygen atoms in total. The molecule has 2 aromatic rings. The van der Waals surface area contributed by atoms with Crippen LogP contribution in [0.15, 0.2) is 30.7 Å². The molecule has 0 radical (unpaired) electrons. The number of rotatable bonds is 5. The first-order valence-electron chi connectivity index (χ1n) is 6.14. The van der Waals surface area contributed by atoms with Crippen LogP contribution in [0.25, 0.3) is 11.4 Å². The highest BCUT2D eigenvalue weighted by atomic mass is 16.4. The summed E-state index contributed by atoms with van der Waals surface area (Å²) in [5.74, 6) is 0.567. The van der Waals surface area contributed by atoms with Gasteiger partial charge in [0.2, 0.25) is 0 Å². The highest BCUT2D eigenvalue weighted by molar-refractivity contribution is 5.66. The van der Waals surface area contributed by atoms with Gasteiger partial charge in [0.05, 0.1) is 0 Å². The van der Waals surface area contributed by atoms with Gasteiger partial charge < -0.3 is 10.0 Å². The number of carboxylic acids is 1. The standard InChI is InChI=1S/C13H15N5O2/c1-17(2)11-3-6-14-13(16-11)10-4-7-18(15-9-10)8-5-12(19)20/h3-4,6-7,9H,5,8H2,1-2H3/p+1. The molecule has 20 heavy (non-hydrogen) atoms. The Morgan fingerprint density at radius 1 is 1.40 bits per heavy atom. The molecule has 2 rings (SSSR count). The van der Waals surface area contributed by atoms with Gasteiger partial charge in [0.1, 0.15) is 18.4 Å². The van der Waals surface area contributed by atoms with Gasteiger partial charge in [0.25, 0.3) is 0 Å². The topological polar surface area (TPSA) is 83.1 Å². The zero-order valence-electron chi connectivity index (χ0n) is 11.4. The van der Waals surface area contributed by atoms with E-state index in [-0.39, 0.29) is 6.42 Å². The summed E-state index contributed by atoms with van der Waals surface area (Å²) in [7, 11) is 3.82. The van der Waals surface area contributed by atoms with Gasteiger partial charge in [0, 0.05) is 31.9 Å². The molecule has 0 bridgehead atoms. The van der Waals surface area contributed by atoms with Gasteiger partial charge >= 0.3 is 5.97 Å². The van der Waals surface area contributed by atoms with E-state index in [9.17, 15) is 4.79 Å². The number of hydrogen-bond donors (Lipinski definition) is 1. The maximum Gasteiger partial charge on any atom is 0.309 e. The Bertz CT molecular complexity index is 598. The van der Waals surface area contributed by atoms with Crippen molar-refractivity contribution in [1.82, 2.24) is 15.1 Å². The van der Waals surface area contributed by atoms with Crippen molar-refractivity contribution in [2.75, 3.05) is 19.0 Å². The van der Waals surface area contributed by atoms with E-state index in [0.29, 0.717) is 12.4 Å². The van der Waals surface area contributed by atoms with Gasteiger partial charge in [-0.3, -0.25) is 4.79 Å². The number of aliphatic carboxylic acids is 1. The number of hydrogen-bond acceptors (Lipinski definition) is 5. The van der Waals surface area contributed by atoms with Crippen molar-refractivity contribution in [3.05, 3.63) is 30.7 Å². The fourth-order valence-electron chi connectivity index (χ4n) is 1.60. The maximum absolute atomic E-state index is 10.5. The normalized spacial score (nSPS) is 10.3. The Kier molecular flexibility index (Phi) is 4.19. The monoisotopic (exact) mass is 274 g/mol. The smallest absolute Gasteiger partial charge is 0.309 e. The van der Waals surface area contributed by atoms with Crippen molar-refractivity contribution in [2.24, 2.45) is 0 Å². The van der Waals surface area contributed by atoms with Crippen LogP contribution in [0.5, 0.6) is 0 Å². The Morgan fingerprint density at radius 2 is 2.20 bits per heavy atom. The van der Waals surface area contributed by atoms with E-state index >= 15 is 0 Å². The van der Waals surface area contributed by atoms with E-state index in [1.54, 1.807) is 23.3 Å². The summed E-state index contributed by atoms with van der Waals surface area (Å²) in [5.41, 5.74) is 0.792. The Morgan fingerprint density at radius 3 is 2.80 bits per heavy atom. The second-order valence-electron chi connectivity index (χ2n) is 4.46. The summed E-state index contributed by atoms with van der Waals surface area (Å²) in [6, 6.07) is 3.65. The molecule has 0 aliphatic rings. The third kappa shape index (κ3) is 3.47. The molecule has 104 valence electrons. The molecular formula is C13H16N5O2+. The molecule has 0 aromatic carbocycles. The van der Waals surface area contributed by atoms with Crippen molar-refractivity contribution < 1.29 is 14.6 Å². The van der Waals surface area contributed by atoms with Crippen LogP contribution in [0.1, 0.15) is 6.42 Å². The Balaban J connectivity index is 2.17. The lowest BCUT2D eigenvalue weighted by molar-refractivity contribution is -0.752. The highest BCUT2D eigenvalue weighted by Gasteiger charge is 2.09. The van der Waals surface area contributed by atoms with Crippen LogP contribution in [-0.4, -0.2) is 40.2 Å². The van der Waals surface area contributed by atoms with Crippen LogP contribution in [0.2, 0.25) is 0 Å². The third-order valence-corrected chi connectivity index (χ3v) is 2.68. The molecular weight excluding hydrogens is 258 g/mol. The molecule has 2 heterocycles. The van der Waals surface area contributed by atoms with Crippen molar-refractivity contribution >= 4 is 11.8 Å². The molecule has 0 atom stereocenters. The Hall–Kier alpha value is -2.57. The summed E-state index contributed by atoms with van der Waals surface area (Å²) in [6.45, 7) is 0.341. The molecule has 0 saturated carbocycles. The number of aromatic nitrogens is 4. The summed E-state index contributed by atoms with van der Waals surface area (Å²) in [4.78, 5) is 21.0. The molecule has 0 spiro atoms. The first-order chi connectivity index (χ1) is 9.56. The van der Waals surface area contributed by atoms with E-state index < -0.39 is 5.97 Å². The van der Waals surface area contributed by atoms with Crippen LogP contribution in [-0.2, 0) is 11.3 Å². The zero-order valence-corrected chi connectivity index (χ0v) is 11.4. The lowest BCUT2D eigenvalue weighted by Gasteiger charge is -2.11. The van der Waals surface area contributed by atoms with Gasteiger partial charge in [0.15, 0.2) is 18.6 Å². The quantitative estimate of drug-likeness (QED) is 0.793. The lowest BCUT2D eigenvalue weighted by atomic mass is 10.3. The summed E-state index contributed by atoms with van der Waals surface area (Å²) < 4.78 is 1.58. The number of aryl methyl sites for hydroxylation is 1. The maximum atomic E-state index is 10.5. The summed E-state index contributed by atoms with van der Waals surface area (Å²) in [5, 5.41) is 12.8. The minimum absolute atomic E-state index is 0.0453. The average Bonchev–Trinajstić information content (AvgIpc) is 2.46. The summed E-state index contributed by atoms with van der Waals surface area (Å²) >= 11 is 0. The highest BCUT2D eigenvalue weighted by Crippen LogP contribution is 2.14. The van der Waals surface area contributed by atoms with Gasteiger partial charge in [-0.2, -0.15) is 0 Å². The Labute approximate surface area is 116 Å². The van der Waals surface area contributed by atoms with E-state index in [4.69, 9.17) is 5.11 Å². The van der Waals surface area contributed by atoms with Crippen LogP contribution < -0.4 is 9.58 Å². The fraction of sp³-hybridized carbons (Fsp3) is 0.308. The fourth-order valence-corrected chi connectivity index (χ4v) is 1.60. The van der Waals surface area contributed by atoms with Gasteiger partial charge in [-0.15, -0.1) is 0 Å². The largest absolute Gasteiger partial charge is 0.481 e. The molecule has 1 N–H and O–H groups in total. The van der Waals surface area contributed by atoms with Crippen molar-refractivity contribution in [3.8, 4) is 11.4 Å². The number of carboxylic acid groups (broad SMARTS) is 1. The minimum Gasteiger partial charge on any atom is -0.481 e. The van der Waals surface area contributed by atoms with Gasteiger partial charge in [-0.25, -0.2) is 9.97 Å². The minimum atomic E-state index is -0.842. The van der Waals surface area contributed by atoms with Crippen molar-refractivity contribution in [3.63, 3.8) is 0 Å². The zero-order chi connectivity index (χ0) is 14.5. The molecule has 2 aromatic heterocycles. The second-order valence-corrected chi connectivity index (χ2v) is 4.46. The van der Waals surface area contributed by atoms with E-state index in [1.807, 2.05) is 31.1 Å². The predicted octanol–water partition coefficient (Wildman–Crippen LogP) is 0.367. The van der Waals surface area contributed by atoms with Gasteiger partial charge in [-0.05, 0) is 11.2 Å². The molecule has 0 aliphatic heterocycles. The van der Waals surface area contributed by atoms with Crippen molar-refractivity contribution in [2.45, 2.75) is 13.0 Å². The van der Waals surface area contributed by atoms with Crippen LogP contribution in [0.3, 0.4) is 0 Å². The molecule has 7 heteroatoms. The molecule has 0 saturated heterocycles.